The van der Waals surface area contributed by atoms with Gasteiger partial charge in [0.05, 0.1) is 5.69 Å². The SMILES string of the molecule is CN(CC1CCC1)c1nc2ccccn2c1C=CC(=O)O. The van der Waals surface area contributed by atoms with E-state index < -0.39 is 5.97 Å². The molecule has 0 unspecified atom stereocenters. The third kappa shape index (κ3) is 2.77. The fraction of sp³-hybridized carbons (Fsp3) is 0.375. The fourth-order valence-electron chi connectivity index (χ4n) is 2.74. The number of aromatic nitrogens is 2. The van der Waals surface area contributed by atoms with Crippen molar-refractivity contribution in [3.63, 3.8) is 0 Å². The average molecular weight is 285 g/mol. The van der Waals surface area contributed by atoms with Gasteiger partial charge in [-0.05, 0) is 37.0 Å². The third-order valence-electron chi connectivity index (χ3n) is 4.05. The number of carbonyl (C=O) groups is 1. The molecule has 0 saturated heterocycles. The first-order valence-electron chi connectivity index (χ1n) is 7.24. The van der Waals surface area contributed by atoms with Crippen molar-refractivity contribution in [2.75, 3.05) is 18.5 Å². The molecular formula is C16H19N3O2. The van der Waals surface area contributed by atoms with Gasteiger partial charge in [-0.1, -0.05) is 12.5 Å². The fourth-order valence-corrected chi connectivity index (χ4v) is 2.74. The molecule has 5 heteroatoms. The zero-order chi connectivity index (χ0) is 14.8. The van der Waals surface area contributed by atoms with Crippen LogP contribution < -0.4 is 4.90 Å². The average Bonchev–Trinajstić information content (AvgIpc) is 2.79. The summed E-state index contributed by atoms with van der Waals surface area (Å²) in [6, 6.07) is 5.78. The highest BCUT2D eigenvalue weighted by Crippen LogP contribution is 2.30. The van der Waals surface area contributed by atoms with Crippen molar-refractivity contribution in [1.82, 2.24) is 9.38 Å². The molecule has 3 rings (SSSR count). The summed E-state index contributed by atoms with van der Waals surface area (Å²) in [4.78, 5) is 17.6. The second-order valence-electron chi connectivity index (χ2n) is 5.60. The van der Waals surface area contributed by atoms with E-state index in [4.69, 9.17) is 5.11 Å². The lowest BCUT2D eigenvalue weighted by Gasteiger charge is -2.30. The molecule has 0 bridgehead atoms. The number of carboxylic acid groups (broad SMARTS) is 1. The highest BCUT2D eigenvalue weighted by molar-refractivity contribution is 5.86. The molecule has 5 nitrogen and oxygen atoms in total. The first kappa shape index (κ1) is 13.7. The van der Waals surface area contributed by atoms with E-state index in [2.05, 4.69) is 9.88 Å². The Kier molecular flexibility index (Phi) is 3.64. The molecule has 2 aromatic rings. The number of aliphatic carboxylic acids is 1. The molecule has 21 heavy (non-hydrogen) atoms. The normalized spacial score (nSPS) is 15.5. The topological polar surface area (TPSA) is 57.8 Å². The molecule has 0 radical (unpaired) electrons. The molecule has 1 aliphatic carbocycles. The summed E-state index contributed by atoms with van der Waals surface area (Å²) < 4.78 is 1.92. The van der Waals surface area contributed by atoms with Gasteiger partial charge < -0.3 is 10.0 Å². The number of hydrogen-bond acceptors (Lipinski definition) is 3. The van der Waals surface area contributed by atoms with Crippen molar-refractivity contribution in [1.29, 1.82) is 0 Å². The van der Waals surface area contributed by atoms with Crippen LogP contribution in [-0.2, 0) is 4.79 Å². The molecule has 1 fully saturated rings. The summed E-state index contributed by atoms with van der Waals surface area (Å²) in [6.45, 7) is 0.970. The van der Waals surface area contributed by atoms with Gasteiger partial charge in [0, 0.05) is 25.9 Å². The number of fused-ring (bicyclic) bond motifs is 1. The van der Waals surface area contributed by atoms with Crippen LogP contribution in [0.15, 0.2) is 30.5 Å². The van der Waals surface area contributed by atoms with Crippen molar-refractivity contribution < 1.29 is 9.90 Å². The minimum atomic E-state index is -0.950. The second-order valence-corrected chi connectivity index (χ2v) is 5.60. The Hall–Kier alpha value is -2.30. The van der Waals surface area contributed by atoms with Crippen LogP contribution in [0.25, 0.3) is 11.7 Å². The number of imidazole rings is 1. The van der Waals surface area contributed by atoms with E-state index in [-0.39, 0.29) is 0 Å². The van der Waals surface area contributed by atoms with Gasteiger partial charge in [0.25, 0.3) is 0 Å². The predicted molar refractivity (Wildman–Crippen MR) is 82.5 cm³/mol. The Morgan fingerprint density at radius 1 is 1.52 bits per heavy atom. The molecule has 0 spiro atoms. The maximum atomic E-state index is 10.8. The maximum absolute atomic E-state index is 10.8. The van der Waals surface area contributed by atoms with E-state index in [0.29, 0.717) is 0 Å². The van der Waals surface area contributed by atoms with Gasteiger partial charge in [-0.2, -0.15) is 0 Å². The van der Waals surface area contributed by atoms with Crippen LogP contribution >= 0.6 is 0 Å². The second kappa shape index (κ2) is 5.60. The number of rotatable bonds is 5. The molecule has 0 aromatic carbocycles. The number of nitrogens with zero attached hydrogens (tertiary/aromatic N) is 3. The third-order valence-corrected chi connectivity index (χ3v) is 4.05. The number of anilines is 1. The van der Waals surface area contributed by atoms with Gasteiger partial charge in [-0.15, -0.1) is 0 Å². The summed E-state index contributed by atoms with van der Waals surface area (Å²) in [5, 5.41) is 8.88. The summed E-state index contributed by atoms with van der Waals surface area (Å²) in [6.07, 6.45) is 8.56. The molecule has 1 N–H and O–H groups in total. The zero-order valence-corrected chi connectivity index (χ0v) is 12.1. The van der Waals surface area contributed by atoms with E-state index in [1.165, 1.54) is 19.3 Å². The number of pyridine rings is 1. The van der Waals surface area contributed by atoms with Gasteiger partial charge in [0.1, 0.15) is 5.65 Å². The predicted octanol–water partition coefficient (Wildman–Crippen LogP) is 2.67. The molecule has 1 saturated carbocycles. The minimum Gasteiger partial charge on any atom is -0.478 e. The summed E-state index contributed by atoms with van der Waals surface area (Å²) in [7, 11) is 2.03. The van der Waals surface area contributed by atoms with Gasteiger partial charge in [-0.25, -0.2) is 9.78 Å². The van der Waals surface area contributed by atoms with Crippen molar-refractivity contribution in [2.24, 2.45) is 5.92 Å². The highest BCUT2D eigenvalue weighted by atomic mass is 16.4. The summed E-state index contributed by atoms with van der Waals surface area (Å²) in [5.41, 5.74) is 1.65. The Labute approximate surface area is 123 Å². The van der Waals surface area contributed by atoms with Crippen molar-refractivity contribution in [3.05, 3.63) is 36.2 Å². The van der Waals surface area contributed by atoms with Crippen LogP contribution in [-0.4, -0.2) is 34.1 Å². The van der Waals surface area contributed by atoms with Crippen LogP contribution in [0, 0.1) is 5.92 Å². The Morgan fingerprint density at radius 2 is 2.33 bits per heavy atom. The van der Waals surface area contributed by atoms with Crippen LogP contribution in [0.5, 0.6) is 0 Å². The van der Waals surface area contributed by atoms with Gasteiger partial charge in [0.15, 0.2) is 5.82 Å². The monoisotopic (exact) mass is 285 g/mol. The van der Waals surface area contributed by atoms with Crippen molar-refractivity contribution >= 4 is 23.5 Å². The smallest absolute Gasteiger partial charge is 0.328 e. The zero-order valence-electron chi connectivity index (χ0n) is 12.1. The van der Waals surface area contributed by atoms with Crippen LogP contribution in [0.1, 0.15) is 25.0 Å². The van der Waals surface area contributed by atoms with Crippen molar-refractivity contribution in [2.45, 2.75) is 19.3 Å². The Morgan fingerprint density at radius 3 is 3.00 bits per heavy atom. The molecule has 2 aromatic heterocycles. The molecule has 0 aliphatic heterocycles. The first-order valence-corrected chi connectivity index (χ1v) is 7.24. The highest BCUT2D eigenvalue weighted by Gasteiger charge is 2.22. The van der Waals surface area contributed by atoms with Gasteiger partial charge in [0.2, 0.25) is 0 Å². The Balaban J connectivity index is 1.98. The Bertz CT molecular complexity index is 686. The summed E-state index contributed by atoms with van der Waals surface area (Å²) in [5.74, 6) is 0.621. The van der Waals surface area contributed by atoms with Crippen LogP contribution in [0.2, 0.25) is 0 Å². The molecule has 110 valence electrons. The van der Waals surface area contributed by atoms with E-state index in [1.807, 2.05) is 35.8 Å². The summed E-state index contributed by atoms with van der Waals surface area (Å²) >= 11 is 0. The molecular weight excluding hydrogens is 266 g/mol. The van der Waals surface area contributed by atoms with E-state index in [0.717, 1.165) is 35.7 Å². The molecule has 1 aliphatic rings. The maximum Gasteiger partial charge on any atom is 0.328 e. The molecule has 0 amide bonds. The molecule has 0 atom stereocenters. The number of hydrogen-bond donors (Lipinski definition) is 1. The van der Waals surface area contributed by atoms with Gasteiger partial charge >= 0.3 is 5.97 Å². The number of carboxylic acids is 1. The minimum absolute atomic E-state index is 0.733. The van der Waals surface area contributed by atoms with E-state index in [9.17, 15) is 4.79 Å². The van der Waals surface area contributed by atoms with Crippen LogP contribution in [0.3, 0.4) is 0 Å². The first-order chi connectivity index (χ1) is 10.1. The molecule has 2 heterocycles. The quantitative estimate of drug-likeness (QED) is 0.858. The lowest BCUT2D eigenvalue weighted by molar-refractivity contribution is -0.131. The van der Waals surface area contributed by atoms with Crippen molar-refractivity contribution in [3.8, 4) is 0 Å². The lowest BCUT2D eigenvalue weighted by Crippen LogP contribution is -2.29. The van der Waals surface area contributed by atoms with Gasteiger partial charge in [-0.3, -0.25) is 4.40 Å². The standard InChI is InChI=1S/C16H19N3O2/c1-18(11-12-5-4-6-12)16-13(8-9-15(20)21)19-10-3-2-7-14(19)17-16/h2-3,7-10,12H,4-6,11H2,1H3,(H,20,21). The largest absolute Gasteiger partial charge is 0.478 e. The lowest BCUT2D eigenvalue weighted by atomic mass is 9.85. The van der Waals surface area contributed by atoms with E-state index >= 15 is 0 Å². The van der Waals surface area contributed by atoms with Crippen LogP contribution in [0.4, 0.5) is 5.82 Å². The van der Waals surface area contributed by atoms with E-state index in [1.54, 1.807) is 6.08 Å².